The van der Waals surface area contributed by atoms with Crippen molar-refractivity contribution in [3.05, 3.63) is 93.0 Å². The van der Waals surface area contributed by atoms with Crippen LogP contribution in [0.15, 0.2) is 69.2 Å². The molecule has 1 aliphatic rings. The Morgan fingerprint density at radius 2 is 1.94 bits per heavy atom. The molecular weight excluding hydrogens is 536 g/mol. The van der Waals surface area contributed by atoms with Gasteiger partial charge in [-0.25, -0.2) is 14.4 Å². The number of benzene rings is 2. The number of furan rings is 1. The van der Waals surface area contributed by atoms with Crippen molar-refractivity contribution in [3.8, 4) is 5.75 Å². The number of imide groups is 1. The maximum absolute atomic E-state index is 12.8. The minimum Gasteiger partial charge on any atom is -0.488 e. The first-order chi connectivity index (χ1) is 17.2. The van der Waals surface area contributed by atoms with Gasteiger partial charge in [0.05, 0.1) is 23.7 Å². The average molecular weight is 555 g/mol. The quantitative estimate of drug-likeness (QED) is 0.240. The van der Waals surface area contributed by atoms with E-state index in [9.17, 15) is 19.2 Å². The van der Waals surface area contributed by atoms with Gasteiger partial charge in [0.1, 0.15) is 23.8 Å². The van der Waals surface area contributed by atoms with E-state index >= 15 is 0 Å². The third-order valence-corrected chi connectivity index (χ3v) is 5.78. The summed E-state index contributed by atoms with van der Waals surface area (Å²) in [6, 6.07) is 13.8. The minimum atomic E-state index is -1.02. The molecule has 36 heavy (non-hydrogen) atoms. The molecule has 1 fully saturated rings. The van der Waals surface area contributed by atoms with Crippen LogP contribution in [-0.4, -0.2) is 41.0 Å². The summed E-state index contributed by atoms with van der Waals surface area (Å²) in [6.45, 7) is 0.00663. The Hall–Kier alpha value is -4.38. The van der Waals surface area contributed by atoms with Crippen LogP contribution in [0.5, 0.6) is 5.75 Å². The van der Waals surface area contributed by atoms with E-state index in [1.54, 1.807) is 30.3 Å². The van der Waals surface area contributed by atoms with E-state index in [2.05, 4.69) is 26.0 Å². The molecule has 2 N–H and O–H groups in total. The van der Waals surface area contributed by atoms with Gasteiger partial charge in [-0.2, -0.15) is 0 Å². The van der Waals surface area contributed by atoms with Crippen LogP contribution in [0.3, 0.4) is 0 Å². The fourth-order valence-corrected chi connectivity index (χ4v) is 3.90. The number of nitrogens with one attached hydrogen (secondary N) is 1. The molecule has 1 saturated heterocycles. The normalized spacial score (nSPS) is 14.2. The summed E-state index contributed by atoms with van der Waals surface area (Å²) < 4.78 is 16.3. The molecule has 0 spiro atoms. The van der Waals surface area contributed by atoms with E-state index in [0.717, 1.165) is 4.90 Å². The summed E-state index contributed by atoms with van der Waals surface area (Å²) in [6.07, 6.45) is 1.52. The van der Waals surface area contributed by atoms with Crippen molar-refractivity contribution < 1.29 is 38.2 Å². The molecule has 0 unspecified atom stereocenters. The molecule has 0 atom stereocenters. The van der Waals surface area contributed by atoms with E-state index < -0.39 is 23.9 Å². The van der Waals surface area contributed by atoms with Crippen LogP contribution in [0.2, 0.25) is 0 Å². The first-order valence-electron chi connectivity index (χ1n) is 10.5. The number of carbonyl (C=O) groups excluding carboxylic acids is 3. The third kappa shape index (κ3) is 5.47. The zero-order chi connectivity index (χ0) is 25.8. The van der Waals surface area contributed by atoms with Crippen LogP contribution >= 0.6 is 15.9 Å². The number of carboxylic acids is 1. The highest BCUT2D eigenvalue weighted by Crippen LogP contribution is 2.28. The standard InChI is InChI=1S/C25H19BrN2O8/c1-34-24(32)21-8-6-17(36-21)12-28-22(29)19(27-25(28)33)11-14-5-7-20(18(26)10-14)35-13-15-3-2-4-16(9-15)23(30)31/h2-11H,12-13H2,1H3,(H,27,33)(H,30,31)/b19-11-. The zero-order valence-corrected chi connectivity index (χ0v) is 20.4. The molecule has 4 rings (SSSR count). The highest BCUT2D eigenvalue weighted by Gasteiger charge is 2.34. The van der Waals surface area contributed by atoms with Crippen molar-refractivity contribution in [1.29, 1.82) is 0 Å². The van der Waals surface area contributed by atoms with Crippen molar-refractivity contribution in [2.75, 3.05) is 7.11 Å². The zero-order valence-electron chi connectivity index (χ0n) is 18.8. The van der Waals surface area contributed by atoms with Crippen LogP contribution in [-0.2, 0) is 22.7 Å². The van der Waals surface area contributed by atoms with Gasteiger partial charge in [0.15, 0.2) is 0 Å². The molecule has 11 heteroatoms. The fraction of sp³-hybridized carbons (Fsp3) is 0.120. The molecule has 1 aliphatic heterocycles. The van der Waals surface area contributed by atoms with Gasteiger partial charge in [-0.3, -0.25) is 9.69 Å². The van der Waals surface area contributed by atoms with Gasteiger partial charge >= 0.3 is 18.0 Å². The lowest BCUT2D eigenvalue weighted by Crippen LogP contribution is -2.30. The first kappa shape index (κ1) is 24.7. The number of halogens is 1. The number of carbonyl (C=O) groups is 4. The molecule has 2 aromatic carbocycles. The predicted molar refractivity (Wildman–Crippen MR) is 129 cm³/mol. The first-order valence-corrected chi connectivity index (χ1v) is 11.3. The fourth-order valence-electron chi connectivity index (χ4n) is 3.39. The summed E-state index contributed by atoms with van der Waals surface area (Å²) in [5.41, 5.74) is 1.57. The van der Waals surface area contributed by atoms with Gasteiger partial charge in [-0.1, -0.05) is 18.2 Å². The molecule has 3 aromatic rings. The van der Waals surface area contributed by atoms with E-state index in [1.807, 2.05) is 0 Å². The second-order valence-corrected chi connectivity index (χ2v) is 8.48. The Bertz CT molecular complexity index is 1390. The molecule has 3 amide bonds. The SMILES string of the molecule is COC(=O)c1ccc(CN2C(=O)N/C(=C\c3ccc(OCc4cccc(C(=O)O)c4)c(Br)c3)C2=O)o1. The number of amides is 3. The van der Waals surface area contributed by atoms with Crippen molar-refractivity contribution in [2.45, 2.75) is 13.2 Å². The lowest BCUT2D eigenvalue weighted by Gasteiger charge is -2.10. The van der Waals surface area contributed by atoms with Crippen molar-refractivity contribution in [2.24, 2.45) is 0 Å². The number of carboxylic acid groups (broad SMARTS) is 1. The molecule has 10 nitrogen and oxygen atoms in total. The molecule has 2 heterocycles. The largest absolute Gasteiger partial charge is 0.488 e. The van der Waals surface area contributed by atoms with Gasteiger partial charge in [0, 0.05) is 0 Å². The lowest BCUT2D eigenvalue weighted by atomic mass is 10.1. The van der Waals surface area contributed by atoms with Gasteiger partial charge in [0.25, 0.3) is 5.91 Å². The van der Waals surface area contributed by atoms with E-state index in [0.29, 0.717) is 21.3 Å². The maximum Gasteiger partial charge on any atom is 0.373 e. The molecule has 0 radical (unpaired) electrons. The Kier molecular flexibility index (Phi) is 7.20. The second kappa shape index (κ2) is 10.5. The van der Waals surface area contributed by atoms with Crippen LogP contribution in [0, 0.1) is 0 Å². The summed E-state index contributed by atoms with van der Waals surface area (Å²) in [7, 11) is 1.22. The van der Waals surface area contributed by atoms with Gasteiger partial charge in [-0.05, 0) is 69.5 Å². The molecule has 0 bridgehead atoms. The number of hydrogen-bond donors (Lipinski definition) is 2. The van der Waals surface area contributed by atoms with E-state index in [1.165, 1.54) is 37.5 Å². The van der Waals surface area contributed by atoms with Gasteiger partial charge in [0.2, 0.25) is 5.76 Å². The third-order valence-electron chi connectivity index (χ3n) is 5.16. The number of nitrogens with zero attached hydrogens (tertiary/aromatic N) is 1. The molecule has 0 aliphatic carbocycles. The second-order valence-electron chi connectivity index (χ2n) is 7.62. The molecule has 0 saturated carbocycles. The predicted octanol–water partition coefficient (Wildman–Crippen LogP) is 4.20. The topological polar surface area (TPSA) is 135 Å². The Labute approximate surface area is 213 Å². The van der Waals surface area contributed by atoms with Crippen molar-refractivity contribution in [3.63, 3.8) is 0 Å². The van der Waals surface area contributed by atoms with Crippen molar-refractivity contribution in [1.82, 2.24) is 10.2 Å². The monoisotopic (exact) mass is 554 g/mol. The minimum absolute atomic E-state index is 0.0305. The average Bonchev–Trinajstić information content (AvgIpc) is 3.43. The number of methoxy groups -OCH3 is 1. The Morgan fingerprint density at radius 3 is 2.67 bits per heavy atom. The number of hydrogen-bond acceptors (Lipinski definition) is 7. The number of urea groups is 1. The maximum atomic E-state index is 12.8. The van der Waals surface area contributed by atoms with Crippen molar-refractivity contribution >= 4 is 45.9 Å². The van der Waals surface area contributed by atoms with E-state index in [-0.39, 0.29) is 35.9 Å². The highest BCUT2D eigenvalue weighted by molar-refractivity contribution is 9.10. The van der Waals surface area contributed by atoms with Crippen LogP contribution in [0.25, 0.3) is 6.08 Å². The summed E-state index contributed by atoms with van der Waals surface area (Å²) in [5, 5.41) is 11.6. The number of aromatic carboxylic acids is 1. The van der Waals surface area contributed by atoms with Gasteiger partial charge in [-0.15, -0.1) is 0 Å². The molecule has 184 valence electrons. The highest BCUT2D eigenvalue weighted by atomic mass is 79.9. The number of rotatable bonds is 8. The molecule has 1 aromatic heterocycles. The Morgan fingerprint density at radius 1 is 1.14 bits per heavy atom. The Balaban J connectivity index is 1.43. The summed E-state index contributed by atoms with van der Waals surface area (Å²) in [5.74, 6) is -1.50. The van der Waals surface area contributed by atoms with Crippen LogP contribution in [0.1, 0.15) is 37.8 Å². The number of esters is 1. The molecular formula is C25H19BrN2O8. The lowest BCUT2D eigenvalue weighted by molar-refractivity contribution is -0.123. The van der Waals surface area contributed by atoms with Crippen LogP contribution < -0.4 is 10.1 Å². The summed E-state index contributed by atoms with van der Waals surface area (Å²) >= 11 is 3.43. The van der Waals surface area contributed by atoms with E-state index in [4.69, 9.17) is 14.3 Å². The van der Waals surface area contributed by atoms with Gasteiger partial charge < -0.3 is 24.3 Å². The van der Waals surface area contributed by atoms with Crippen LogP contribution in [0.4, 0.5) is 4.79 Å². The number of ether oxygens (including phenoxy) is 2. The summed E-state index contributed by atoms with van der Waals surface area (Å²) in [4.78, 5) is 48.7. The smallest absolute Gasteiger partial charge is 0.373 e.